The first-order valence-electron chi connectivity index (χ1n) is 7.02. The maximum Gasteiger partial charge on any atom is 0.257 e. The second-order valence-corrected chi connectivity index (χ2v) is 5.21. The molecular formula is C17H17FN2OS. The van der Waals surface area contributed by atoms with Crippen LogP contribution in [0.3, 0.4) is 0 Å². The maximum atomic E-state index is 12.8. The molecule has 0 aromatic heterocycles. The summed E-state index contributed by atoms with van der Waals surface area (Å²) in [5.74, 6) is -0.743. The van der Waals surface area contributed by atoms with E-state index >= 15 is 0 Å². The van der Waals surface area contributed by atoms with Crippen LogP contribution in [0.4, 0.5) is 4.39 Å². The molecule has 114 valence electrons. The molecule has 22 heavy (non-hydrogen) atoms. The summed E-state index contributed by atoms with van der Waals surface area (Å²) in [5.41, 5.74) is 1.46. The Hall–Kier alpha value is -2.27. The van der Waals surface area contributed by atoms with Gasteiger partial charge in [-0.1, -0.05) is 37.3 Å². The number of halogens is 1. The molecule has 0 aliphatic heterocycles. The van der Waals surface area contributed by atoms with Crippen molar-refractivity contribution >= 4 is 23.2 Å². The Morgan fingerprint density at radius 2 is 1.77 bits per heavy atom. The van der Waals surface area contributed by atoms with Crippen molar-refractivity contribution in [3.05, 3.63) is 71.5 Å². The molecule has 0 bridgehead atoms. The van der Waals surface area contributed by atoms with Gasteiger partial charge in [0.15, 0.2) is 5.11 Å². The fraction of sp³-hybridized carbons (Fsp3) is 0.176. The molecule has 0 fully saturated rings. The monoisotopic (exact) mass is 316 g/mol. The summed E-state index contributed by atoms with van der Waals surface area (Å²) in [6.07, 6.45) is 0.830. The fourth-order valence-electron chi connectivity index (χ4n) is 2.08. The molecule has 0 heterocycles. The first-order valence-corrected chi connectivity index (χ1v) is 7.43. The Balaban J connectivity index is 1.97. The molecule has 3 nitrogen and oxygen atoms in total. The van der Waals surface area contributed by atoms with Crippen molar-refractivity contribution in [3.63, 3.8) is 0 Å². The molecule has 2 rings (SSSR count). The van der Waals surface area contributed by atoms with Gasteiger partial charge in [0.05, 0.1) is 6.04 Å². The average Bonchev–Trinajstić information content (AvgIpc) is 2.54. The Morgan fingerprint density at radius 3 is 2.36 bits per heavy atom. The molecule has 2 N–H and O–H groups in total. The highest BCUT2D eigenvalue weighted by molar-refractivity contribution is 7.80. The topological polar surface area (TPSA) is 41.1 Å². The summed E-state index contributed by atoms with van der Waals surface area (Å²) < 4.78 is 12.8. The van der Waals surface area contributed by atoms with Crippen LogP contribution < -0.4 is 10.6 Å². The van der Waals surface area contributed by atoms with Gasteiger partial charge >= 0.3 is 0 Å². The largest absolute Gasteiger partial charge is 0.356 e. The van der Waals surface area contributed by atoms with Gasteiger partial charge in [-0.3, -0.25) is 10.1 Å². The maximum absolute atomic E-state index is 12.8. The number of benzene rings is 2. The van der Waals surface area contributed by atoms with Gasteiger partial charge in [0.2, 0.25) is 0 Å². The summed E-state index contributed by atoms with van der Waals surface area (Å²) >= 11 is 5.18. The molecular weight excluding hydrogens is 299 g/mol. The molecule has 1 amide bonds. The van der Waals surface area contributed by atoms with Crippen LogP contribution in [0.5, 0.6) is 0 Å². The van der Waals surface area contributed by atoms with E-state index < -0.39 is 0 Å². The van der Waals surface area contributed by atoms with Gasteiger partial charge in [0.1, 0.15) is 5.82 Å². The Labute approximate surface area is 134 Å². The summed E-state index contributed by atoms with van der Waals surface area (Å²) in [6, 6.07) is 15.2. The predicted molar refractivity (Wildman–Crippen MR) is 89.1 cm³/mol. The van der Waals surface area contributed by atoms with E-state index in [4.69, 9.17) is 12.2 Å². The normalized spacial score (nSPS) is 11.5. The highest BCUT2D eigenvalue weighted by Gasteiger charge is 2.13. The van der Waals surface area contributed by atoms with E-state index in [1.807, 2.05) is 37.3 Å². The van der Waals surface area contributed by atoms with Gasteiger partial charge in [0.25, 0.3) is 5.91 Å². The lowest BCUT2D eigenvalue weighted by Gasteiger charge is -2.19. The molecule has 1 unspecified atom stereocenters. The molecule has 0 spiro atoms. The molecule has 0 radical (unpaired) electrons. The molecule has 2 aromatic rings. The number of thiocarbonyl (C=S) groups is 1. The zero-order chi connectivity index (χ0) is 15.9. The van der Waals surface area contributed by atoms with Gasteiger partial charge in [-0.15, -0.1) is 0 Å². The Morgan fingerprint density at radius 1 is 1.14 bits per heavy atom. The van der Waals surface area contributed by atoms with Crippen molar-refractivity contribution < 1.29 is 9.18 Å². The third-order valence-electron chi connectivity index (χ3n) is 3.25. The van der Waals surface area contributed by atoms with Gasteiger partial charge in [-0.2, -0.15) is 0 Å². The van der Waals surface area contributed by atoms with Crippen LogP contribution in [-0.2, 0) is 0 Å². The zero-order valence-corrected chi connectivity index (χ0v) is 13.0. The van der Waals surface area contributed by atoms with Crippen molar-refractivity contribution in [2.45, 2.75) is 19.4 Å². The number of carbonyl (C=O) groups is 1. The molecule has 0 saturated heterocycles. The van der Waals surface area contributed by atoms with E-state index in [0.29, 0.717) is 5.56 Å². The second kappa shape index (κ2) is 7.66. The van der Waals surface area contributed by atoms with Crippen molar-refractivity contribution in [2.24, 2.45) is 0 Å². The number of rotatable bonds is 4. The van der Waals surface area contributed by atoms with E-state index in [1.54, 1.807) is 0 Å². The third-order valence-corrected chi connectivity index (χ3v) is 3.47. The van der Waals surface area contributed by atoms with Gasteiger partial charge in [-0.05, 0) is 48.5 Å². The van der Waals surface area contributed by atoms with Crippen LogP contribution in [0.2, 0.25) is 0 Å². The predicted octanol–water partition coefficient (Wildman–Crippen LogP) is 3.58. The van der Waals surface area contributed by atoms with Crippen molar-refractivity contribution in [1.82, 2.24) is 10.6 Å². The summed E-state index contributed by atoms with van der Waals surface area (Å²) in [7, 11) is 0. The van der Waals surface area contributed by atoms with Crippen molar-refractivity contribution in [2.75, 3.05) is 0 Å². The summed E-state index contributed by atoms with van der Waals surface area (Å²) in [4.78, 5) is 12.0. The highest BCUT2D eigenvalue weighted by Crippen LogP contribution is 2.15. The lowest BCUT2D eigenvalue weighted by atomic mass is 10.1. The number of hydrogen-bond donors (Lipinski definition) is 2. The molecule has 2 aromatic carbocycles. The van der Waals surface area contributed by atoms with Crippen LogP contribution in [0.25, 0.3) is 0 Å². The first-order chi connectivity index (χ1) is 10.6. The molecule has 1 atom stereocenters. The first kappa shape index (κ1) is 16.1. The SMILES string of the molecule is CCC(NC(=S)NC(=O)c1ccc(F)cc1)c1ccccc1. The lowest BCUT2D eigenvalue weighted by molar-refractivity contribution is 0.0976. The molecule has 0 aliphatic carbocycles. The minimum absolute atomic E-state index is 0.0298. The van der Waals surface area contributed by atoms with Crippen LogP contribution in [-0.4, -0.2) is 11.0 Å². The van der Waals surface area contributed by atoms with Crippen LogP contribution >= 0.6 is 12.2 Å². The average molecular weight is 316 g/mol. The minimum atomic E-state index is -0.382. The van der Waals surface area contributed by atoms with E-state index in [2.05, 4.69) is 10.6 Å². The number of carbonyl (C=O) groups excluding carboxylic acids is 1. The third kappa shape index (κ3) is 4.36. The highest BCUT2D eigenvalue weighted by atomic mass is 32.1. The smallest absolute Gasteiger partial charge is 0.257 e. The summed E-state index contributed by atoms with van der Waals surface area (Å²) in [6.45, 7) is 2.04. The summed E-state index contributed by atoms with van der Waals surface area (Å²) in [5, 5.41) is 5.98. The Kier molecular flexibility index (Phi) is 5.61. The number of nitrogens with one attached hydrogen (secondary N) is 2. The Bertz CT molecular complexity index is 643. The van der Waals surface area contributed by atoms with Gasteiger partial charge in [-0.25, -0.2) is 4.39 Å². The van der Waals surface area contributed by atoms with Gasteiger partial charge in [0, 0.05) is 5.56 Å². The van der Waals surface area contributed by atoms with E-state index in [0.717, 1.165) is 12.0 Å². The van der Waals surface area contributed by atoms with E-state index in [-0.39, 0.29) is 22.9 Å². The molecule has 0 saturated carbocycles. The quantitative estimate of drug-likeness (QED) is 0.847. The van der Waals surface area contributed by atoms with Gasteiger partial charge < -0.3 is 5.32 Å². The second-order valence-electron chi connectivity index (χ2n) is 4.81. The van der Waals surface area contributed by atoms with E-state index in [1.165, 1.54) is 24.3 Å². The van der Waals surface area contributed by atoms with Crippen LogP contribution in [0, 0.1) is 5.82 Å². The molecule has 0 aliphatic rings. The number of hydrogen-bond acceptors (Lipinski definition) is 2. The minimum Gasteiger partial charge on any atom is -0.356 e. The fourth-order valence-corrected chi connectivity index (χ4v) is 2.31. The van der Waals surface area contributed by atoms with Crippen molar-refractivity contribution in [3.8, 4) is 0 Å². The lowest BCUT2D eigenvalue weighted by Crippen LogP contribution is -2.40. The van der Waals surface area contributed by atoms with Crippen molar-refractivity contribution in [1.29, 1.82) is 0 Å². The zero-order valence-electron chi connectivity index (χ0n) is 12.2. The molecule has 5 heteroatoms. The van der Waals surface area contributed by atoms with E-state index in [9.17, 15) is 9.18 Å². The van der Waals surface area contributed by atoms with Crippen LogP contribution in [0.15, 0.2) is 54.6 Å². The standard InChI is InChI=1S/C17H17FN2OS/c1-2-15(12-6-4-3-5-7-12)19-17(22)20-16(21)13-8-10-14(18)11-9-13/h3-11,15H,2H2,1H3,(H2,19,20,21,22). The number of amides is 1. The van der Waals surface area contributed by atoms with Crippen LogP contribution in [0.1, 0.15) is 35.3 Å².